The van der Waals surface area contributed by atoms with Crippen molar-refractivity contribution >= 4 is 27.4 Å². The third-order valence-corrected chi connectivity index (χ3v) is 7.89. The average Bonchev–Trinajstić information content (AvgIpc) is 3.63. The summed E-state index contributed by atoms with van der Waals surface area (Å²) in [6.45, 7) is 2.79. The van der Waals surface area contributed by atoms with Crippen molar-refractivity contribution in [1.82, 2.24) is 15.3 Å². The van der Waals surface area contributed by atoms with E-state index in [-0.39, 0.29) is 13.0 Å². The molecule has 2 aromatic rings. The molecule has 2 N–H and O–H groups in total. The van der Waals surface area contributed by atoms with Crippen LogP contribution in [-0.2, 0) is 19.3 Å². The average molecular weight is 471 g/mol. The summed E-state index contributed by atoms with van der Waals surface area (Å²) in [4.78, 5) is 23.4. The second-order valence-electron chi connectivity index (χ2n) is 8.17. The molecule has 0 unspecified atom stereocenters. The standard InChI is InChI=1S/C22H26N6O4S/c1-33(30,31)22(7-8-22)18-15-19(28-11-13-32-14-12-28)27-20(26-18)16-3-5-17(6-4-16)25-21(29)24-10-2-9-23/h3-6,15H,2,7-8,10-14H2,1H3,(H2,24,25,29). The summed E-state index contributed by atoms with van der Waals surface area (Å²) in [6.07, 6.45) is 2.60. The summed E-state index contributed by atoms with van der Waals surface area (Å²) in [6, 6.07) is 10.4. The van der Waals surface area contributed by atoms with Crippen LogP contribution < -0.4 is 15.5 Å². The molecule has 1 saturated heterocycles. The van der Waals surface area contributed by atoms with Gasteiger partial charge in [-0.2, -0.15) is 5.26 Å². The normalized spacial score (nSPS) is 17.2. The van der Waals surface area contributed by atoms with Crippen molar-refractivity contribution in [3.05, 3.63) is 36.0 Å². The van der Waals surface area contributed by atoms with E-state index in [9.17, 15) is 13.2 Å². The Morgan fingerprint density at radius 3 is 2.52 bits per heavy atom. The van der Waals surface area contributed by atoms with Gasteiger partial charge in [-0.15, -0.1) is 0 Å². The van der Waals surface area contributed by atoms with E-state index in [1.807, 2.05) is 6.07 Å². The molecule has 11 heteroatoms. The molecule has 2 aliphatic rings. The predicted molar refractivity (Wildman–Crippen MR) is 124 cm³/mol. The molecule has 174 valence electrons. The lowest BCUT2D eigenvalue weighted by molar-refractivity contribution is 0.122. The SMILES string of the molecule is CS(=O)(=O)C1(c2cc(N3CCOCC3)nc(-c3ccc(NC(=O)NCCC#N)cc3)n2)CC1. The zero-order valence-corrected chi connectivity index (χ0v) is 19.2. The van der Waals surface area contributed by atoms with Gasteiger partial charge in [0.2, 0.25) is 0 Å². The van der Waals surface area contributed by atoms with E-state index in [1.54, 1.807) is 30.3 Å². The van der Waals surface area contributed by atoms with E-state index in [2.05, 4.69) is 20.5 Å². The van der Waals surface area contributed by atoms with Gasteiger partial charge < -0.3 is 20.3 Å². The van der Waals surface area contributed by atoms with Crippen LogP contribution >= 0.6 is 0 Å². The van der Waals surface area contributed by atoms with Gasteiger partial charge in [-0.3, -0.25) is 0 Å². The maximum atomic E-state index is 12.5. The van der Waals surface area contributed by atoms with Crippen LogP contribution in [0, 0.1) is 11.3 Å². The van der Waals surface area contributed by atoms with Gasteiger partial charge in [0.25, 0.3) is 0 Å². The minimum Gasteiger partial charge on any atom is -0.378 e. The predicted octanol–water partition coefficient (Wildman–Crippen LogP) is 2.05. The lowest BCUT2D eigenvalue weighted by Gasteiger charge is -2.29. The number of ether oxygens (including phenoxy) is 1. The highest BCUT2D eigenvalue weighted by molar-refractivity contribution is 7.91. The first kappa shape index (κ1) is 22.9. The third kappa shape index (κ3) is 5.07. The fraction of sp³-hybridized carbons (Fsp3) is 0.455. The van der Waals surface area contributed by atoms with E-state index in [1.165, 1.54) is 6.26 Å². The van der Waals surface area contributed by atoms with Gasteiger partial charge in [0, 0.05) is 43.2 Å². The Balaban J connectivity index is 1.62. The third-order valence-electron chi connectivity index (χ3n) is 5.85. The van der Waals surface area contributed by atoms with Crippen LogP contribution in [0.25, 0.3) is 11.4 Å². The Morgan fingerprint density at radius 1 is 1.21 bits per heavy atom. The van der Waals surface area contributed by atoms with E-state index < -0.39 is 20.6 Å². The summed E-state index contributed by atoms with van der Waals surface area (Å²) >= 11 is 0. The summed E-state index contributed by atoms with van der Waals surface area (Å²) in [5, 5.41) is 13.9. The first-order chi connectivity index (χ1) is 15.8. The van der Waals surface area contributed by atoms with Crippen LogP contribution in [0.3, 0.4) is 0 Å². The van der Waals surface area contributed by atoms with Crippen LogP contribution in [0.4, 0.5) is 16.3 Å². The molecule has 2 fully saturated rings. The van der Waals surface area contributed by atoms with Crippen LogP contribution in [0.5, 0.6) is 0 Å². The number of amides is 2. The topological polar surface area (TPSA) is 137 Å². The lowest BCUT2D eigenvalue weighted by atomic mass is 10.1. The highest BCUT2D eigenvalue weighted by Gasteiger charge is 2.55. The number of hydrogen-bond acceptors (Lipinski definition) is 8. The summed E-state index contributed by atoms with van der Waals surface area (Å²) in [5.74, 6) is 1.13. The minimum atomic E-state index is -3.33. The number of nitrogens with one attached hydrogen (secondary N) is 2. The number of carbonyl (C=O) groups is 1. The zero-order chi connectivity index (χ0) is 23.5. The smallest absolute Gasteiger partial charge is 0.319 e. The number of hydrogen-bond donors (Lipinski definition) is 2. The molecule has 0 radical (unpaired) electrons. The zero-order valence-electron chi connectivity index (χ0n) is 18.4. The van der Waals surface area contributed by atoms with Crippen molar-refractivity contribution in [2.45, 2.75) is 24.0 Å². The molecule has 1 aliphatic heterocycles. The number of carbonyl (C=O) groups excluding carboxylic acids is 1. The number of benzene rings is 1. The molecule has 0 spiro atoms. The second-order valence-corrected chi connectivity index (χ2v) is 10.5. The Bertz CT molecular complexity index is 1170. The molecule has 1 aliphatic carbocycles. The van der Waals surface area contributed by atoms with Crippen molar-refractivity contribution in [2.24, 2.45) is 0 Å². The van der Waals surface area contributed by atoms with Gasteiger partial charge in [-0.05, 0) is 37.1 Å². The molecule has 0 atom stereocenters. The molecule has 1 saturated carbocycles. The van der Waals surface area contributed by atoms with E-state index in [0.29, 0.717) is 67.7 Å². The number of nitrogens with zero attached hydrogens (tertiary/aromatic N) is 4. The molecule has 10 nitrogen and oxygen atoms in total. The maximum absolute atomic E-state index is 12.5. The summed E-state index contributed by atoms with van der Waals surface area (Å²) < 4.78 is 29.6. The molecule has 33 heavy (non-hydrogen) atoms. The summed E-state index contributed by atoms with van der Waals surface area (Å²) in [7, 11) is -3.33. The van der Waals surface area contributed by atoms with Gasteiger partial charge in [-0.1, -0.05) is 0 Å². The Kier molecular flexibility index (Phi) is 6.49. The molecular weight excluding hydrogens is 444 g/mol. The highest BCUT2D eigenvalue weighted by Crippen LogP contribution is 2.52. The van der Waals surface area contributed by atoms with Gasteiger partial charge >= 0.3 is 6.03 Å². The van der Waals surface area contributed by atoms with E-state index in [4.69, 9.17) is 15.0 Å². The van der Waals surface area contributed by atoms with Crippen molar-refractivity contribution in [1.29, 1.82) is 5.26 Å². The Morgan fingerprint density at radius 2 is 1.91 bits per heavy atom. The molecule has 2 heterocycles. The number of rotatable bonds is 7. The first-order valence-corrected chi connectivity index (χ1v) is 12.7. The quantitative estimate of drug-likeness (QED) is 0.587. The molecule has 1 aromatic carbocycles. The molecule has 1 aromatic heterocycles. The monoisotopic (exact) mass is 470 g/mol. The number of morpholine rings is 1. The second kappa shape index (κ2) is 9.33. The molecule has 0 bridgehead atoms. The number of nitriles is 1. The van der Waals surface area contributed by atoms with Crippen molar-refractivity contribution in [3.8, 4) is 17.5 Å². The largest absolute Gasteiger partial charge is 0.378 e. The van der Waals surface area contributed by atoms with Gasteiger partial charge in [-0.25, -0.2) is 23.2 Å². The Hall–Kier alpha value is -3.23. The number of sulfone groups is 1. The van der Waals surface area contributed by atoms with Gasteiger partial charge in [0.15, 0.2) is 15.7 Å². The molecule has 4 rings (SSSR count). The van der Waals surface area contributed by atoms with Crippen molar-refractivity contribution < 1.29 is 17.9 Å². The first-order valence-electron chi connectivity index (χ1n) is 10.8. The Labute approximate surface area is 192 Å². The minimum absolute atomic E-state index is 0.237. The molecule has 2 amide bonds. The fourth-order valence-electron chi connectivity index (χ4n) is 3.79. The van der Waals surface area contributed by atoms with Gasteiger partial charge in [0.1, 0.15) is 10.6 Å². The summed E-state index contributed by atoms with van der Waals surface area (Å²) in [5.41, 5.74) is 1.81. The maximum Gasteiger partial charge on any atom is 0.319 e. The lowest BCUT2D eigenvalue weighted by Crippen LogP contribution is -2.37. The van der Waals surface area contributed by atoms with Crippen molar-refractivity contribution in [3.63, 3.8) is 0 Å². The van der Waals surface area contributed by atoms with Crippen LogP contribution in [0.15, 0.2) is 30.3 Å². The number of anilines is 2. The van der Waals surface area contributed by atoms with Crippen LogP contribution in [-0.4, -0.2) is 63.5 Å². The van der Waals surface area contributed by atoms with E-state index >= 15 is 0 Å². The van der Waals surface area contributed by atoms with Crippen LogP contribution in [0.2, 0.25) is 0 Å². The van der Waals surface area contributed by atoms with Crippen LogP contribution in [0.1, 0.15) is 25.0 Å². The van der Waals surface area contributed by atoms with Crippen molar-refractivity contribution in [2.75, 3.05) is 49.3 Å². The molecular formula is C22H26N6O4S. The fourth-order valence-corrected chi connectivity index (χ4v) is 5.12. The number of aromatic nitrogens is 2. The van der Waals surface area contributed by atoms with E-state index in [0.717, 1.165) is 0 Å². The highest BCUT2D eigenvalue weighted by atomic mass is 32.2. The van der Waals surface area contributed by atoms with Gasteiger partial charge in [0.05, 0.1) is 31.4 Å². The number of urea groups is 1.